The summed E-state index contributed by atoms with van der Waals surface area (Å²) in [6.45, 7) is 4.30. The van der Waals surface area contributed by atoms with Crippen LogP contribution in [0.2, 0.25) is 0 Å². The Balaban J connectivity index is 3.51. The van der Waals surface area contributed by atoms with Crippen molar-refractivity contribution in [1.29, 1.82) is 5.26 Å². The Morgan fingerprint density at radius 3 is 2.67 bits per heavy atom. The van der Waals surface area contributed by atoms with Gasteiger partial charge in [0.05, 0.1) is 12.0 Å². The molecule has 68 valence electrons. The van der Waals surface area contributed by atoms with E-state index >= 15 is 0 Å². The highest BCUT2D eigenvalue weighted by Crippen LogP contribution is 1.93. The molecule has 2 atom stereocenters. The Kier molecular flexibility index (Phi) is 5.06. The SMILES string of the molecule is CC(C#N)CNC(C)CC(N)=O. The largest absolute Gasteiger partial charge is 0.370 e. The van der Waals surface area contributed by atoms with Crippen LogP contribution in [0.25, 0.3) is 0 Å². The van der Waals surface area contributed by atoms with E-state index in [-0.39, 0.29) is 17.9 Å². The summed E-state index contributed by atoms with van der Waals surface area (Å²) in [5.74, 6) is -0.347. The second kappa shape index (κ2) is 5.56. The third-order valence-corrected chi connectivity index (χ3v) is 1.50. The Bertz CT molecular complexity index is 185. The molecular weight excluding hydrogens is 154 g/mol. The monoisotopic (exact) mass is 169 g/mol. The molecule has 12 heavy (non-hydrogen) atoms. The molecule has 2 unspecified atom stereocenters. The van der Waals surface area contributed by atoms with E-state index in [9.17, 15) is 4.79 Å². The predicted molar refractivity (Wildman–Crippen MR) is 46.1 cm³/mol. The van der Waals surface area contributed by atoms with Crippen molar-refractivity contribution in [3.63, 3.8) is 0 Å². The Morgan fingerprint density at radius 1 is 1.67 bits per heavy atom. The van der Waals surface area contributed by atoms with Gasteiger partial charge in [0.25, 0.3) is 0 Å². The van der Waals surface area contributed by atoms with E-state index in [2.05, 4.69) is 11.4 Å². The lowest BCUT2D eigenvalue weighted by atomic mass is 10.2. The van der Waals surface area contributed by atoms with Crippen molar-refractivity contribution in [2.75, 3.05) is 6.54 Å². The topological polar surface area (TPSA) is 78.9 Å². The van der Waals surface area contributed by atoms with Gasteiger partial charge in [0.1, 0.15) is 0 Å². The first-order valence-electron chi connectivity index (χ1n) is 3.97. The molecule has 0 aliphatic rings. The van der Waals surface area contributed by atoms with E-state index in [4.69, 9.17) is 11.0 Å². The molecule has 4 nitrogen and oxygen atoms in total. The molecule has 0 rings (SSSR count). The summed E-state index contributed by atoms with van der Waals surface area (Å²) in [6, 6.07) is 2.15. The average molecular weight is 169 g/mol. The fourth-order valence-electron chi connectivity index (χ4n) is 0.798. The number of hydrogen-bond donors (Lipinski definition) is 2. The quantitative estimate of drug-likeness (QED) is 0.608. The highest BCUT2D eigenvalue weighted by atomic mass is 16.1. The molecule has 0 aliphatic carbocycles. The molecule has 0 saturated carbocycles. The van der Waals surface area contributed by atoms with Gasteiger partial charge >= 0.3 is 0 Å². The summed E-state index contributed by atoms with van der Waals surface area (Å²) in [4.78, 5) is 10.4. The van der Waals surface area contributed by atoms with E-state index in [0.29, 0.717) is 13.0 Å². The Hall–Kier alpha value is -1.08. The summed E-state index contributed by atoms with van der Waals surface area (Å²) in [7, 11) is 0. The minimum atomic E-state index is -0.320. The van der Waals surface area contributed by atoms with Gasteiger partial charge in [-0.3, -0.25) is 4.79 Å². The molecule has 0 spiro atoms. The fourth-order valence-corrected chi connectivity index (χ4v) is 0.798. The number of hydrogen-bond acceptors (Lipinski definition) is 3. The van der Waals surface area contributed by atoms with Crippen LogP contribution in [0.3, 0.4) is 0 Å². The number of carbonyl (C=O) groups excluding carboxylic acids is 1. The fraction of sp³-hybridized carbons (Fsp3) is 0.750. The number of nitrogens with one attached hydrogen (secondary N) is 1. The third-order valence-electron chi connectivity index (χ3n) is 1.50. The van der Waals surface area contributed by atoms with E-state index in [0.717, 1.165) is 0 Å². The third kappa shape index (κ3) is 5.69. The van der Waals surface area contributed by atoms with E-state index < -0.39 is 0 Å². The first-order chi connectivity index (χ1) is 5.56. The zero-order valence-corrected chi connectivity index (χ0v) is 7.50. The van der Waals surface area contributed by atoms with Crippen LogP contribution in [0.5, 0.6) is 0 Å². The molecule has 0 aromatic rings. The van der Waals surface area contributed by atoms with Gasteiger partial charge in [-0.05, 0) is 13.8 Å². The minimum absolute atomic E-state index is 0.0275. The van der Waals surface area contributed by atoms with Crippen molar-refractivity contribution in [3.05, 3.63) is 0 Å². The normalized spacial score (nSPS) is 14.8. The number of primary amides is 1. The van der Waals surface area contributed by atoms with Gasteiger partial charge in [-0.1, -0.05) is 0 Å². The summed E-state index contributed by atoms with van der Waals surface area (Å²) in [6.07, 6.45) is 0.318. The van der Waals surface area contributed by atoms with Crippen molar-refractivity contribution in [2.45, 2.75) is 26.3 Å². The number of nitriles is 1. The van der Waals surface area contributed by atoms with Crippen LogP contribution in [0.15, 0.2) is 0 Å². The smallest absolute Gasteiger partial charge is 0.218 e. The van der Waals surface area contributed by atoms with E-state index in [1.54, 1.807) is 0 Å². The van der Waals surface area contributed by atoms with E-state index in [1.165, 1.54) is 0 Å². The zero-order valence-electron chi connectivity index (χ0n) is 7.50. The van der Waals surface area contributed by atoms with Gasteiger partial charge in [-0.15, -0.1) is 0 Å². The van der Waals surface area contributed by atoms with Crippen LogP contribution in [0, 0.1) is 17.2 Å². The molecule has 4 heteroatoms. The number of rotatable bonds is 5. The molecule has 1 amide bonds. The maximum atomic E-state index is 10.4. The molecule has 0 radical (unpaired) electrons. The molecule has 0 fully saturated rings. The van der Waals surface area contributed by atoms with Crippen LogP contribution in [-0.2, 0) is 4.79 Å². The average Bonchev–Trinajstić information content (AvgIpc) is 1.99. The van der Waals surface area contributed by atoms with E-state index in [1.807, 2.05) is 13.8 Å². The summed E-state index contributed by atoms with van der Waals surface area (Å²) >= 11 is 0. The molecule has 0 aliphatic heterocycles. The predicted octanol–water partition coefficient (Wildman–Crippen LogP) is -0.000420. The van der Waals surface area contributed by atoms with Crippen LogP contribution in [0.4, 0.5) is 0 Å². The van der Waals surface area contributed by atoms with Crippen LogP contribution in [-0.4, -0.2) is 18.5 Å². The zero-order chi connectivity index (χ0) is 9.56. The van der Waals surface area contributed by atoms with Gasteiger partial charge in [-0.2, -0.15) is 5.26 Å². The molecule has 3 N–H and O–H groups in total. The molecule has 0 heterocycles. The number of nitrogens with two attached hydrogens (primary N) is 1. The highest BCUT2D eigenvalue weighted by Gasteiger charge is 2.06. The van der Waals surface area contributed by atoms with Crippen LogP contribution >= 0.6 is 0 Å². The van der Waals surface area contributed by atoms with Gasteiger partial charge in [0.2, 0.25) is 5.91 Å². The first-order valence-corrected chi connectivity index (χ1v) is 3.97. The molecule has 0 aromatic heterocycles. The van der Waals surface area contributed by atoms with Gasteiger partial charge in [0.15, 0.2) is 0 Å². The highest BCUT2D eigenvalue weighted by molar-refractivity contribution is 5.74. The molecular formula is C8H15N3O. The van der Waals surface area contributed by atoms with Crippen molar-refractivity contribution in [3.8, 4) is 6.07 Å². The maximum absolute atomic E-state index is 10.4. The standard InChI is InChI=1S/C8H15N3O/c1-6(4-9)5-11-7(2)3-8(10)12/h6-7,11H,3,5H2,1-2H3,(H2,10,12). The van der Waals surface area contributed by atoms with Crippen molar-refractivity contribution in [1.82, 2.24) is 5.32 Å². The van der Waals surface area contributed by atoms with Crippen LogP contribution < -0.4 is 11.1 Å². The lowest BCUT2D eigenvalue weighted by Gasteiger charge is -2.12. The van der Waals surface area contributed by atoms with Crippen molar-refractivity contribution >= 4 is 5.91 Å². The number of carbonyl (C=O) groups is 1. The van der Waals surface area contributed by atoms with Gasteiger partial charge in [-0.25, -0.2) is 0 Å². The molecule has 0 saturated heterocycles. The summed E-state index contributed by atoms with van der Waals surface area (Å²) in [5, 5.41) is 11.5. The Morgan fingerprint density at radius 2 is 2.25 bits per heavy atom. The maximum Gasteiger partial charge on any atom is 0.218 e. The van der Waals surface area contributed by atoms with Crippen molar-refractivity contribution in [2.24, 2.45) is 11.7 Å². The second-order valence-electron chi connectivity index (χ2n) is 3.01. The van der Waals surface area contributed by atoms with Gasteiger partial charge in [0, 0.05) is 19.0 Å². The number of amides is 1. The summed E-state index contributed by atoms with van der Waals surface area (Å²) in [5.41, 5.74) is 4.99. The molecule has 0 bridgehead atoms. The lowest BCUT2D eigenvalue weighted by Crippen LogP contribution is -2.33. The lowest BCUT2D eigenvalue weighted by molar-refractivity contribution is -0.118. The minimum Gasteiger partial charge on any atom is -0.370 e. The first kappa shape index (κ1) is 10.9. The second-order valence-corrected chi connectivity index (χ2v) is 3.01. The number of nitrogens with zero attached hydrogens (tertiary/aromatic N) is 1. The summed E-state index contributed by atoms with van der Waals surface area (Å²) < 4.78 is 0. The van der Waals surface area contributed by atoms with Gasteiger partial charge < -0.3 is 11.1 Å². The van der Waals surface area contributed by atoms with Crippen LogP contribution in [0.1, 0.15) is 20.3 Å². The molecule has 0 aromatic carbocycles. The van der Waals surface area contributed by atoms with Crippen molar-refractivity contribution < 1.29 is 4.79 Å². The Labute approximate surface area is 72.7 Å².